The summed E-state index contributed by atoms with van der Waals surface area (Å²) in [4.78, 5) is 5.67. The van der Waals surface area contributed by atoms with Gasteiger partial charge in [-0.3, -0.25) is 4.90 Å². The summed E-state index contributed by atoms with van der Waals surface area (Å²) < 4.78 is 79.6. The van der Waals surface area contributed by atoms with Crippen LogP contribution in [0.2, 0.25) is 0 Å². The van der Waals surface area contributed by atoms with E-state index < -0.39 is 25.5 Å². The Morgan fingerprint density at radius 1 is 1.17 bits per heavy atom. The first-order valence-electron chi connectivity index (χ1n) is 9.17. The fourth-order valence-electron chi connectivity index (χ4n) is 2.96. The number of likely N-dealkylation sites (tertiary alicyclic amines) is 1. The number of alkyl halides is 6. The molecule has 2 rings (SSSR count). The molecule has 0 saturated carbocycles. The molecule has 1 fully saturated rings. The Labute approximate surface area is 188 Å². The molecular weight excluding hydrogens is 529 g/mol. The minimum atomic E-state index is -4.45. The molecule has 1 aromatic rings. The minimum Gasteiger partial charge on any atom is -0.484 e. The third-order valence-corrected chi connectivity index (χ3v) is 4.13. The fraction of sp³-hybridized carbons (Fsp3) is 0.611. The smallest absolute Gasteiger partial charge is 0.422 e. The van der Waals surface area contributed by atoms with Crippen LogP contribution in [0, 0.1) is 0 Å². The van der Waals surface area contributed by atoms with Crippen LogP contribution >= 0.6 is 24.0 Å². The second-order valence-corrected chi connectivity index (χ2v) is 6.69. The lowest BCUT2D eigenvalue weighted by molar-refractivity contribution is -0.153. The Bertz CT molecular complexity index is 683. The molecule has 172 valence electrons. The van der Waals surface area contributed by atoms with Crippen LogP contribution in [0.25, 0.3) is 0 Å². The van der Waals surface area contributed by atoms with Crippen LogP contribution in [0.5, 0.6) is 5.75 Å². The maximum Gasteiger partial charge on any atom is 0.422 e. The molecule has 12 heteroatoms. The van der Waals surface area contributed by atoms with Gasteiger partial charge >= 0.3 is 12.4 Å². The predicted molar refractivity (Wildman–Crippen MR) is 112 cm³/mol. The quantitative estimate of drug-likeness (QED) is 0.232. The van der Waals surface area contributed by atoms with Gasteiger partial charge in [0.15, 0.2) is 12.6 Å². The summed E-state index contributed by atoms with van der Waals surface area (Å²) in [7, 11) is 0. The number of hydrogen-bond donors (Lipinski definition) is 2. The van der Waals surface area contributed by atoms with E-state index in [1.165, 1.54) is 11.0 Å². The fourth-order valence-corrected chi connectivity index (χ4v) is 2.96. The summed E-state index contributed by atoms with van der Waals surface area (Å²) in [5.74, 6) is 0.471. The Kier molecular flexibility index (Phi) is 10.5. The van der Waals surface area contributed by atoms with Crippen LogP contribution in [0.15, 0.2) is 29.3 Å². The SMILES string of the molecule is CCNC(=NCc1ccccc1OCC(F)(F)F)NC1CCN(CC(F)(F)F)C1.I. The second-order valence-electron chi connectivity index (χ2n) is 6.69. The highest BCUT2D eigenvalue weighted by molar-refractivity contribution is 14.0. The number of guanidine groups is 1. The highest BCUT2D eigenvalue weighted by atomic mass is 127. The molecule has 1 aromatic carbocycles. The van der Waals surface area contributed by atoms with Crippen LogP contribution < -0.4 is 15.4 Å². The van der Waals surface area contributed by atoms with E-state index in [-0.39, 0.29) is 48.9 Å². The number of nitrogens with one attached hydrogen (secondary N) is 2. The molecule has 1 saturated heterocycles. The van der Waals surface area contributed by atoms with Gasteiger partial charge in [0.25, 0.3) is 0 Å². The van der Waals surface area contributed by atoms with Crippen molar-refractivity contribution < 1.29 is 31.1 Å². The Balaban J connectivity index is 0.00000450. The summed E-state index contributed by atoms with van der Waals surface area (Å²) in [6.45, 7) is 0.618. The molecule has 1 aliphatic rings. The van der Waals surface area contributed by atoms with Gasteiger partial charge in [-0.25, -0.2) is 4.99 Å². The Morgan fingerprint density at radius 2 is 1.87 bits per heavy atom. The number of para-hydroxylation sites is 1. The van der Waals surface area contributed by atoms with Crippen molar-refractivity contribution in [1.82, 2.24) is 15.5 Å². The molecule has 0 bridgehead atoms. The first-order valence-corrected chi connectivity index (χ1v) is 9.17. The van der Waals surface area contributed by atoms with Gasteiger partial charge in [-0.1, -0.05) is 18.2 Å². The number of ether oxygens (including phenoxy) is 1. The lowest BCUT2D eigenvalue weighted by atomic mass is 10.2. The van der Waals surface area contributed by atoms with Crippen LogP contribution in [0.3, 0.4) is 0 Å². The van der Waals surface area contributed by atoms with Crippen LogP contribution in [0.4, 0.5) is 26.3 Å². The van der Waals surface area contributed by atoms with Gasteiger partial charge in [-0.05, 0) is 19.4 Å². The van der Waals surface area contributed by atoms with Crippen molar-refractivity contribution in [1.29, 1.82) is 0 Å². The van der Waals surface area contributed by atoms with E-state index in [9.17, 15) is 26.3 Å². The zero-order chi connectivity index (χ0) is 21.5. The maximum absolute atomic E-state index is 12.5. The van der Waals surface area contributed by atoms with Gasteiger partial charge in [-0.15, -0.1) is 24.0 Å². The van der Waals surface area contributed by atoms with Crippen molar-refractivity contribution in [2.45, 2.75) is 38.3 Å². The first-order chi connectivity index (χ1) is 13.6. The van der Waals surface area contributed by atoms with Crippen molar-refractivity contribution in [3.8, 4) is 5.75 Å². The molecule has 0 aliphatic carbocycles. The summed E-state index contributed by atoms with van der Waals surface area (Å²) in [6.07, 6.45) is -8.16. The number of rotatable bonds is 7. The number of aliphatic imine (C=N–C) groups is 1. The Morgan fingerprint density at radius 3 is 2.50 bits per heavy atom. The van der Waals surface area contributed by atoms with E-state index in [0.717, 1.165) is 0 Å². The molecular formula is C18H25F6IN4O. The molecule has 1 aliphatic heterocycles. The van der Waals surface area contributed by atoms with Crippen LogP contribution in [-0.2, 0) is 6.54 Å². The standard InChI is InChI=1S/C18H24F6N4O.HI/c1-2-25-16(27-14-7-8-28(10-14)11-17(19,20)21)26-9-13-5-3-4-6-15(13)29-12-18(22,23)24;/h3-6,14H,2,7-12H2,1H3,(H2,25,26,27);1H. The number of benzene rings is 1. The van der Waals surface area contributed by atoms with Crippen molar-refractivity contribution in [2.24, 2.45) is 4.99 Å². The zero-order valence-electron chi connectivity index (χ0n) is 16.3. The summed E-state index contributed by atoms with van der Waals surface area (Å²) in [5.41, 5.74) is 0.471. The maximum atomic E-state index is 12.5. The summed E-state index contributed by atoms with van der Waals surface area (Å²) in [6, 6.07) is 6.07. The van der Waals surface area contributed by atoms with Gasteiger partial charge in [0.2, 0.25) is 0 Å². The molecule has 30 heavy (non-hydrogen) atoms. The number of halogens is 7. The molecule has 1 atom stereocenters. The molecule has 5 nitrogen and oxygen atoms in total. The molecule has 1 unspecified atom stereocenters. The van der Waals surface area contributed by atoms with E-state index in [0.29, 0.717) is 31.0 Å². The van der Waals surface area contributed by atoms with E-state index in [4.69, 9.17) is 4.74 Å². The van der Waals surface area contributed by atoms with E-state index >= 15 is 0 Å². The van der Waals surface area contributed by atoms with Gasteiger partial charge in [-0.2, -0.15) is 26.3 Å². The van der Waals surface area contributed by atoms with Crippen molar-refractivity contribution in [3.05, 3.63) is 29.8 Å². The number of hydrogen-bond acceptors (Lipinski definition) is 3. The molecule has 0 aromatic heterocycles. The predicted octanol–water partition coefficient (Wildman–Crippen LogP) is 3.94. The average Bonchev–Trinajstić information content (AvgIpc) is 3.03. The average molecular weight is 554 g/mol. The van der Waals surface area contributed by atoms with E-state index in [2.05, 4.69) is 15.6 Å². The van der Waals surface area contributed by atoms with Gasteiger partial charge in [0, 0.05) is 31.2 Å². The van der Waals surface area contributed by atoms with Crippen molar-refractivity contribution in [3.63, 3.8) is 0 Å². The third kappa shape index (κ3) is 10.0. The van der Waals surface area contributed by atoms with Crippen LogP contribution in [-0.4, -0.2) is 62.0 Å². The summed E-state index contributed by atoms with van der Waals surface area (Å²) in [5, 5.41) is 6.08. The molecule has 0 amide bonds. The monoisotopic (exact) mass is 554 g/mol. The lowest BCUT2D eigenvalue weighted by Gasteiger charge is -2.20. The van der Waals surface area contributed by atoms with Gasteiger partial charge < -0.3 is 15.4 Å². The summed E-state index contributed by atoms with van der Waals surface area (Å²) >= 11 is 0. The van der Waals surface area contributed by atoms with Crippen molar-refractivity contribution >= 4 is 29.9 Å². The molecule has 0 radical (unpaired) electrons. The highest BCUT2D eigenvalue weighted by Gasteiger charge is 2.34. The number of nitrogens with zero attached hydrogens (tertiary/aromatic N) is 2. The van der Waals surface area contributed by atoms with E-state index in [1.807, 2.05) is 6.92 Å². The molecule has 2 N–H and O–H groups in total. The normalized spacial score (nSPS) is 18.1. The van der Waals surface area contributed by atoms with E-state index in [1.54, 1.807) is 18.2 Å². The topological polar surface area (TPSA) is 48.9 Å². The Hall–Kier alpha value is -1.44. The van der Waals surface area contributed by atoms with Crippen molar-refractivity contribution in [2.75, 3.05) is 32.8 Å². The van der Waals surface area contributed by atoms with Gasteiger partial charge in [0.1, 0.15) is 5.75 Å². The second kappa shape index (κ2) is 11.8. The first kappa shape index (κ1) is 26.6. The highest BCUT2D eigenvalue weighted by Crippen LogP contribution is 2.23. The van der Waals surface area contributed by atoms with Crippen LogP contribution in [0.1, 0.15) is 18.9 Å². The minimum absolute atomic E-state index is 0. The molecule has 1 heterocycles. The van der Waals surface area contributed by atoms with Gasteiger partial charge in [0.05, 0.1) is 13.1 Å². The largest absolute Gasteiger partial charge is 0.484 e. The molecule has 0 spiro atoms. The zero-order valence-corrected chi connectivity index (χ0v) is 18.6. The third-order valence-electron chi connectivity index (χ3n) is 4.13. The lowest BCUT2D eigenvalue weighted by Crippen LogP contribution is -2.45.